The molecule has 8 nitrogen and oxygen atoms in total. The van der Waals surface area contributed by atoms with Crippen LogP contribution in [0.25, 0.3) is 11.4 Å². The standard InChI is InChI=1S/C28H30N6O2/c1-5-18-8-7-9-19(6-2)25(18)33-27(36)21-15-24(34(4)16-21)23-12-13-30-28(32-23)31-22-11-10-20(26(29)35)14-17(22)3/h7-16H,5-6H2,1-4H3,(H2,29,35)(H,33,36)(H,30,31,32). The molecule has 0 aliphatic carbocycles. The zero-order valence-corrected chi connectivity index (χ0v) is 20.9. The fraction of sp³-hybridized carbons (Fsp3) is 0.214. The first kappa shape index (κ1) is 24.7. The van der Waals surface area contributed by atoms with Gasteiger partial charge in [0.05, 0.1) is 17.0 Å². The van der Waals surface area contributed by atoms with E-state index < -0.39 is 5.91 Å². The number of carbonyl (C=O) groups is 2. The summed E-state index contributed by atoms with van der Waals surface area (Å²) in [4.78, 5) is 33.5. The molecular weight excluding hydrogens is 452 g/mol. The van der Waals surface area contributed by atoms with E-state index in [4.69, 9.17) is 5.73 Å². The van der Waals surface area contributed by atoms with Gasteiger partial charge < -0.3 is 20.9 Å². The number of rotatable bonds is 8. The van der Waals surface area contributed by atoms with E-state index in [9.17, 15) is 9.59 Å². The lowest BCUT2D eigenvalue weighted by atomic mass is 10.0. The Morgan fingerprint density at radius 1 is 1.00 bits per heavy atom. The highest BCUT2D eigenvalue weighted by Gasteiger charge is 2.16. The van der Waals surface area contributed by atoms with Crippen LogP contribution < -0.4 is 16.4 Å². The van der Waals surface area contributed by atoms with Crippen molar-refractivity contribution in [2.24, 2.45) is 12.8 Å². The normalized spacial score (nSPS) is 10.8. The topological polar surface area (TPSA) is 115 Å². The van der Waals surface area contributed by atoms with Gasteiger partial charge in [-0.2, -0.15) is 0 Å². The van der Waals surface area contributed by atoms with Crippen molar-refractivity contribution in [2.75, 3.05) is 10.6 Å². The highest BCUT2D eigenvalue weighted by molar-refractivity contribution is 6.05. The van der Waals surface area contributed by atoms with Crippen LogP contribution in [0.3, 0.4) is 0 Å². The molecule has 184 valence electrons. The molecule has 2 amide bonds. The summed E-state index contributed by atoms with van der Waals surface area (Å²) in [6.45, 7) is 6.04. The Morgan fingerprint density at radius 3 is 2.36 bits per heavy atom. The Kier molecular flexibility index (Phi) is 7.15. The first-order valence-electron chi connectivity index (χ1n) is 11.9. The van der Waals surface area contributed by atoms with Crippen LogP contribution in [0.1, 0.15) is 51.3 Å². The van der Waals surface area contributed by atoms with Crippen molar-refractivity contribution in [3.63, 3.8) is 0 Å². The summed E-state index contributed by atoms with van der Waals surface area (Å²) in [7, 11) is 1.88. The molecule has 0 saturated carbocycles. The number of nitrogens with zero attached hydrogens (tertiary/aromatic N) is 3. The number of nitrogens with one attached hydrogen (secondary N) is 2. The molecule has 0 aliphatic heterocycles. The predicted molar refractivity (Wildman–Crippen MR) is 143 cm³/mol. The number of benzene rings is 2. The Morgan fingerprint density at radius 2 is 1.72 bits per heavy atom. The van der Waals surface area contributed by atoms with Crippen LogP contribution >= 0.6 is 0 Å². The maximum absolute atomic E-state index is 13.2. The number of hydrogen-bond acceptors (Lipinski definition) is 5. The van der Waals surface area contributed by atoms with Crippen molar-refractivity contribution >= 4 is 29.1 Å². The smallest absolute Gasteiger partial charge is 0.257 e. The molecule has 0 atom stereocenters. The minimum absolute atomic E-state index is 0.162. The van der Waals surface area contributed by atoms with Crippen molar-refractivity contribution in [3.8, 4) is 11.4 Å². The van der Waals surface area contributed by atoms with Gasteiger partial charge in [-0.15, -0.1) is 0 Å². The number of para-hydroxylation sites is 1. The fourth-order valence-electron chi connectivity index (χ4n) is 4.17. The predicted octanol–water partition coefficient (Wildman–Crippen LogP) is 5.01. The van der Waals surface area contributed by atoms with Gasteiger partial charge in [0.2, 0.25) is 11.9 Å². The Balaban J connectivity index is 1.58. The second-order valence-corrected chi connectivity index (χ2v) is 8.62. The van der Waals surface area contributed by atoms with Gasteiger partial charge in [-0.3, -0.25) is 9.59 Å². The van der Waals surface area contributed by atoms with Gasteiger partial charge in [-0.05, 0) is 66.8 Å². The van der Waals surface area contributed by atoms with E-state index in [1.54, 1.807) is 36.7 Å². The molecule has 4 rings (SSSR count). The van der Waals surface area contributed by atoms with E-state index in [-0.39, 0.29) is 5.91 Å². The molecule has 0 spiro atoms. The van der Waals surface area contributed by atoms with E-state index in [0.29, 0.717) is 22.8 Å². The lowest BCUT2D eigenvalue weighted by Gasteiger charge is -2.13. The van der Waals surface area contributed by atoms with Crippen LogP contribution in [0.15, 0.2) is 60.9 Å². The molecule has 2 heterocycles. The zero-order valence-electron chi connectivity index (χ0n) is 20.9. The molecule has 0 bridgehead atoms. The van der Waals surface area contributed by atoms with Crippen LogP contribution in [-0.4, -0.2) is 26.3 Å². The second-order valence-electron chi connectivity index (χ2n) is 8.62. The SMILES string of the molecule is CCc1cccc(CC)c1NC(=O)c1cc(-c2ccnc(Nc3ccc(C(N)=O)cc3C)n2)n(C)c1. The van der Waals surface area contributed by atoms with E-state index in [0.717, 1.165) is 46.6 Å². The maximum Gasteiger partial charge on any atom is 0.257 e. The van der Waals surface area contributed by atoms with Crippen molar-refractivity contribution in [1.82, 2.24) is 14.5 Å². The fourth-order valence-corrected chi connectivity index (χ4v) is 4.17. The molecule has 8 heteroatoms. The average Bonchev–Trinajstić information content (AvgIpc) is 3.27. The molecule has 0 unspecified atom stereocenters. The van der Waals surface area contributed by atoms with Crippen molar-refractivity contribution in [3.05, 3.63) is 88.7 Å². The zero-order chi connectivity index (χ0) is 25.8. The summed E-state index contributed by atoms with van der Waals surface area (Å²) in [5.74, 6) is -0.236. The number of hydrogen-bond donors (Lipinski definition) is 3. The number of amides is 2. The Bertz CT molecular complexity index is 1420. The number of primary amides is 1. The van der Waals surface area contributed by atoms with Crippen LogP contribution in [0.5, 0.6) is 0 Å². The van der Waals surface area contributed by atoms with Crippen molar-refractivity contribution in [1.29, 1.82) is 0 Å². The maximum atomic E-state index is 13.2. The lowest BCUT2D eigenvalue weighted by Crippen LogP contribution is -2.14. The molecule has 36 heavy (non-hydrogen) atoms. The van der Waals surface area contributed by atoms with Gasteiger partial charge in [0.15, 0.2) is 0 Å². The largest absolute Gasteiger partial charge is 0.366 e. The number of nitrogens with two attached hydrogens (primary N) is 1. The molecule has 2 aromatic carbocycles. The first-order valence-corrected chi connectivity index (χ1v) is 11.9. The van der Waals surface area contributed by atoms with E-state index in [1.165, 1.54) is 0 Å². The monoisotopic (exact) mass is 482 g/mol. The summed E-state index contributed by atoms with van der Waals surface area (Å²) >= 11 is 0. The Labute approximate surface area is 210 Å². The average molecular weight is 483 g/mol. The molecule has 4 aromatic rings. The third-order valence-corrected chi connectivity index (χ3v) is 6.18. The second kappa shape index (κ2) is 10.4. The van der Waals surface area contributed by atoms with Crippen LogP contribution in [0.4, 0.5) is 17.3 Å². The van der Waals surface area contributed by atoms with E-state index in [1.807, 2.05) is 42.8 Å². The molecule has 0 fully saturated rings. The van der Waals surface area contributed by atoms with Gasteiger partial charge in [-0.1, -0.05) is 32.0 Å². The summed E-state index contributed by atoms with van der Waals surface area (Å²) in [5.41, 5.74) is 12.5. The van der Waals surface area contributed by atoms with Crippen LogP contribution in [-0.2, 0) is 19.9 Å². The minimum atomic E-state index is -0.476. The van der Waals surface area contributed by atoms with Crippen LogP contribution in [0, 0.1) is 6.92 Å². The highest BCUT2D eigenvalue weighted by atomic mass is 16.2. The van der Waals surface area contributed by atoms with Crippen molar-refractivity contribution < 1.29 is 9.59 Å². The van der Waals surface area contributed by atoms with Gasteiger partial charge >= 0.3 is 0 Å². The quantitative estimate of drug-likeness (QED) is 0.327. The molecule has 0 radical (unpaired) electrons. The summed E-state index contributed by atoms with van der Waals surface area (Å²) in [5, 5.41) is 6.31. The first-order chi connectivity index (χ1) is 17.3. The molecule has 0 aliphatic rings. The van der Waals surface area contributed by atoms with Crippen LogP contribution in [0.2, 0.25) is 0 Å². The third kappa shape index (κ3) is 5.12. The minimum Gasteiger partial charge on any atom is -0.366 e. The van der Waals surface area contributed by atoms with Gasteiger partial charge in [0.25, 0.3) is 5.91 Å². The van der Waals surface area contributed by atoms with E-state index in [2.05, 4.69) is 34.4 Å². The number of carbonyl (C=O) groups excluding carboxylic acids is 2. The van der Waals surface area contributed by atoms with E-state index >= 15 is 0 Å². The number of anilines is 3. The van der Waals surface area contributed by atoms with Gasteiger partial charge in [0.1, 0.15) is 0 Å². The highest BCUT2D eigenvalue weighted by Crippen LogP contribution is 2.26. The molecule has 4 N–H and O–H groups in total. The number of aromatic nitrogens is 3. The lowest BCUT2D eigenvalue weighted by molar-refractivity contribution is 0.0997. The number of aryl methyl sites for hydroxylation is 4. The molecular formula is C28H30N6O2. The van der Waals surface area contributed by atoms with Gasteiger partial charge in [-0.25, -0.2) is 9.97 Å². The molecule has 2 aromatic heterocycles. The third-order valence-electron chi connectivity index (χ3n) is 6.18. The summed E-state index contributed by atoms with van der Waals surface area (Å²) < 4.78 is 1.88. The summed E-state index contributed by atoms with van der Waals surface area (Å²) in [6, 6.07) is 14.9. The van der Waals surface area contributed by atoms with Gasteiger partial charge in [0, 0.05) is 36.4 Å². The van der Waals surface area contributed by atoms with Crippen molar-refractivity contribution in [2.45, 2.75) is 33.6 Å². The Hall–Kier alpha value is -4.46. The molecule has 0 saturated heterocycles. The summed E-state index contributed by atoms with van der Waals surface area (Å²) in [6.07, 6.45) is 5.14.